The minimum absolute atomic E-state index is 0.0866. The summed E-state index contributed by atoms with van der Waals surface area (Å²) in [7, 11) is 0. The van der Waals surface area contributed by atoms with Gasteiger partial charge in [-0.3, -0.25) is 0 Å². The number of para-hydroxylation sites is 3. The predicted octanol–water partition coefficient (Wildman–Crippen LogP) is 7.91. The van der Waals surface area contributed by atoms with Crippen LogP contribution in [0.1, 0.15) is 24.8 Å². The molecule has 0 N–H and O–H groups in total. The van der Waals surface area contributed by atoms with Crippen LogP contribution in [0.3, 0.4) is 0 Å². The number of rotatable bonds is 3. The highest BCUT2D eigenvalue weighted by atomic mass is 16.3. The van der Waals surface area contributed by atoms with E-state index in [1.54, 1.807) is 0 Å². The molecule has 4 heteroatoms. The first-order valence-electron chi connectivity index (χ1n) is 11.9. The van der Waals surface area contributed by atoms with Crippen molar-refractivity contribution in [3.63, 3.8) is 0 Å². The van der Waals surface area contributed by atoms with E-state index in [-0.39, 0.29) is 6.17 Å². The first-order chi connectivity index (χ1) is 16.8. The molecular formula is C30H25N3O. The lowest BCUT2D eigenvalue weighted by atomic mass is 9.78. The Bertz CT molecular complexity index is 1550. The summed E-state index contributed by atoms with van der Waals surface area (Å²) >= 11 is 0. The number of hydrogen-bond acceptors (Lipinski definition) is 4. The molecule has 34 heavy (non-hydrogen) atoms. The van der Waals surface area contributed by atoms with Crippen molar-refractivity contribution in [3.05, 3.63) is 103 Å². The molecule has 0 aliphatic carbocycles. The molecule has 0 bridgehead atoms. The van der Waals surface area contributed by atoms with Crippen molar-refractivity contribution in [1.82, 2.24) is 4.98 Å². The SMILES string of the molecule is C=CCC1c2ccccc2N2c3c(ncc4c3oc3ccccc34)N(c3ccccc3)C2C1C. The highest BCUT2D eigenvalue weighted by Crippen LogP contribution is 2.58. The topological polar surface area (TPSA) is 32.5 Å². The van der Waals surface area contributed by atoms with E-state index >= 15 is 0 Å². The zero-order valence-corrected chi connectivity index (χ0v) is 19.1. The van der Waals surface area contributed by atoms with E-state index in [9.17, 15) is 0 Å². The van der Waals surface area contributed by atoms with Gasteiger partial charge in [-0.15, -0.1) is 6.58 Å². The molecule has 0 saturated heterocycles. The van der Waals surface area contributed by atoms with Crippen LogP contribution in [-0.4, -0.2) is 11.1 Å². The number of fused-ring (bicyclic) bond motifs is 9. The second kappa shape index (κ2) is 7.22. The van der Waals surface area contributed by atoms with Gasteiger partial charge in [-0.1, -0.05) is 67.6 Å². The van der Waals surface area contributed by atoms with Crippen molar-refractivity contribution in [2.45, 2.75) is 25.4 Å². The number of benzene rings is 3. The van der Waals surface area contributed by atoms with Crippen LogP contribution < -0.4 is 9.80 Å². The average molecular weight is 444 g/mol. The van der Waals surface area contributed by atoms with E-state index in [4.69, 9.17) is 9.40 Å². The number of allylic oxidation sites excluding steroid dienone is 1. The number of hydrogen-bond donors (Lipinski definition) is 0. The van der Waals surface area contributed by atoms with Gasteiger partial charge in [-0.2, -0.15) is 0 Å². The van der Waals surface area contributed by atoms with Crippen LogP contribution in [0.5, 0.6) is 0 Å². The molecule has 3 aromatic carbocycles. The monoisotopic (exact) mass is 443 g/mol. The summed E-state index contributed by atoms with van der Waals surface area (Å²) < 4.78 is 6.53. The van der Waals surface area contributed by atoms with Gasteiger partial charge >= 0.3 is 0 Å². The van der Waals surface area contributed by atoms with E-state index < -0.39 is 0 Å². The molecule has 0 saturated carbocycles. The Hall–Kier alpha value is -4.05. The Labute approximate surface area is 198 Å². The zero-order valence-electron chi connectivity index (χ0n) is 19.1. The fourth-order valence-electron chi connectivity index (χ4n) is 6.05. The molecule has 0 amide bonds. The van der Waals surface area contributed by atoms with Crippen molar-refractivity contribution >= 4 is 44.8 Å². The summed E-state index contributed by atoms with van der Waals surface area (Å²) in [5.41, 5.74) is 6.58. The van der Waals surface area contributed by atoms with Crippen LogP contribution in [-0.2, 0) is 0 Å². The van der Waals surface area contributed by atoms with Gasteiger partial charge in [0, 0.05) is 34.3 Å². The van der Waals surface area contributed by atoms with Crippen LogP contribution in [0, 0.1) is 5.92 Å². The lowest BCUT2D eigenvalue weighted by molar-refractivity contribution is 0.369. The maximum atomic E-state index is 6.53. The standard InChI is InChI=1S/C30H25N3O/c1-3-11-21-19(2)30-32(20-12-5-4-6-13-20)29-27(33(30)25-16-9-7-14-22(21)25)28-24(18-31-29)23-15-8-10-17-26(23)34-28/h3-10,12-19,21,30H,1,11H2,2H3. The molecular weight excluding hydrogens is 418 g/mol. The molecule has 4 heterocycles. The molecule has 2 aliphatic heterocycles. The van der Waals surface area contributed by atoms with E-state index in [0.29, 0.717) is 11.8 Å². The molecule has 3 atom stereocenters. The van der Waals surface area contributed by atoms with Crippen LogP contribution in [0.25, 0.3) is 21.9 Å². The Morgan fingerprint density at radius 3 is 2.53 bits per heavy atom. The first kappa shape index (κ1) is 19.4. The number of nitrogens with zero attached hydrogens (tertiary/aromatic N) is 3. The number of aromatic nitrogens is 1. The Morgan fingerprint density at radius 1 is 0.912 bits per heavy atom. The second-order valence-corrected chi connectivity index (χ2v) is 9.31. The van der Waals surface area contributed by atoms with Gasteiger partial charge < -0.3 is 14.2 Å². The summed E-state index contributed by atoms with van der Waals surface area (Å²) in [4.78, 5) is 9.95. The maximum absolute atomic E-state index is 6.53. The lowest BCUT2D eigenvalue weighted by Gasteiger charge is -2.45. The van der Waals surface area contributed by atoms with Crippen LogP contribution >= 0.6 is 0 Å². The molecule has 4 nitrogen and oxygen atoms in total. The molecule has 0 fully saturated rings. The van der Waals surface area contributed by atoms with Crippen molar-refractivity contribution in [2.75, 3.05) is 9.80 Å². The second-order valence-electron chi connectivity index (χ2n) is 9.31. The number of anilines is 4. The van der Waals surface area contributed by atoms with Gasteiger partial charge in [0.2, 0.25) is 0 Å². The molecule has 2 aromatic heterocycles. The highest BCUT2D eigenvalue weighted by molar-refractivity contribution is 6.12. The summed E-state index contributed by atoms with van der Waals surface area (Å²) in [6.45, 7) is 6.44. The fourth-order valence-corrected chi connectivity index (χ4v) is 6.05. The minimum Gasteiger partial charge on any atom is -0.454 e. The number of pyridine rings is 1. The third kappa shape index (κ3) is 2.51. The zero-order chi connectivity index (χ0) is 22.8. The van der Waals surface area contributed by atoms with Crippen molar-refractivity contribution in [1.29, 1.82) is 0 Å². The van der Waals surface area contributed by atoms with Crippen LogP contribution in [0.15, 0.2) is 102 Å². The van der Waals surface area contributed by atoms with E-state index in [1.807, 2.05) is 18.3 Å². The lowest BCUT2D eigenvalue weighted by Crippen LogP contribution is -2.48. The molecule has 0 radical (unpaired) electrons. The van der Waals surface area contributed by atoms with Gasteiger partial charge in [0.15, 0.2) is 11.4 Å². The largest absolute Gasteiger partial charge is 0.454 e. The highest BCUT2D eigenvalue weighted by Gasteiger charge is 2.49. The van der Waals surface area contributed by atoms with E-state index in [2.05, 4.69) is 96.1 Å². The quantitative estimate of drug-likeness (QED) is 0.265. The van der Waals surface area contributed by atoms with Crippen molar-refractivity contribution in [3.8, 4) is 0 Å². The summed E-state index contributed by atoms with van der Waals surface area (Å²) in [5, 5.41) is 2.16. The molecule has 166 valence electrons. The van der Waals surface area contributed by atoms with Crippen LogP contribution in [0.2, 0.25) is 0 Å². The Morgan fingerprint density at radius 2 is 1.68 bits per heavy atom. The van der Waals surface area contributed by atoms with Crippen molar-refractivity contribution in [2.24, 2.45) is 5.92 Å². The molecule has 3 unspecified atom stereocenters. The Balaban J connectivity index is 1.58. The smallest absolute Gasteiger partial charge is 0.164 e. The molecule has 7 rings (SSSR count). The summed E-state index contributed by atoms with van der Waals surface area (Å²) in [6.07, 6.45) is 5.06. The Kier molecular flexibility index (Phi) is 4.13. The minimum atomic E-state index is 0.0866. The third-order valence-corrected chi connectivity index (χ3v) is 7.53. The summed E-state index contributed by atoms with van der Waals surface area (Å²) in [6, 6.07) is 27.6. The van der Waals surface area contributed by atoms with Gasteiger partial charge in [0.05, 0.1) is 0 Å². The third-order valence-electron chi connectivity index (χ3n) is 7.53. The van der Waals surface area contributed by atoms with Gasteiger partial charge in [-0.25, -0.2) is 4.98 Å². The molecule has 2 aliphatic rings. The molecule has 5 aromatic rings. The van der Waals surface area contributed by atoms with E-state index in [0.717, 1.165) is 45.6 Å². The van der Waals surface area contributed by atoms with Gasteiger partial charge in [0.1, 0.15) is 17.4 Å². The maximum Gasteiger partial charge on any atom is 0.164 e. The average Bonchev–Trinajstić information content (AvgIpc) is 3.43. The fraction of sp³-hybridized carbons (Fsp3) is 0.167. The van der Waals surface area contributed by atoms with Gasteiger partial charge in [-0.05, 0) is 42.2 Å². The number of furan rings is 1. The van der Waals surface area contributed by atoms with Crippen molar-refractivity contribution < 1.29 is 4.42 Å². The normalized spacial score (nSPS) is 20.9. The van der Waals surface area contributed by atoms with Gasteiger partial charge in [0.25, 0.3) is 0 Å². The van der Waals surface area contributed by atoms with Crippen LogP contribution in [0.4, 0.5) is 22.9 Å². The molecule has 0 spiro atoms. The first-order valence-corrected chi connectivity index (χ1v) is 11.9. The summed E-state index contributed by atoms with van der Waals surface area (Å²) in [5.74, 6) is 1.66. The van der Waals surface area contributed by atoms with E-state index in [1.165, 1.54) is 11.3 Å². The predicted molar refractivity (Wildman–Crippen MR) is 139 cm³/mol.